The van der Waals surface area contributed by atoms with Crippen molar-refractivity contribution in [3.05, 3.63) is 0 Å². The van der Waals surface area contributed by atoms with Gasteiger partial charge < -0.3 is 15.8 Å². The van der Waals surface area contributed by atoms with Crippen LogP contribution in [0.1, 0.15) is 64.7 Å². The van der Waals surface area contributed by atoms with Gasteiger partial charge in [-0.1, -0.05) is 26.2 Å². The molecule has 0 aromatic heterocycles. The van der Waals surface area contributed by atoms with Gasteiger partial charge in [0.1, 0.15) is 0 Å². The maximum atomic E-state index is 5.89. The van der Waals surface area contributed by atoms with Crippen LogP contribution in [0.2, 0.25) is 0 Å². The topological polar surface area (TPSA) is 59.6 Å². The van der Waals surface area contributed by atoms with E-state index in [-0.39, 0.29) is 24.0 Å². The van der Waals surface area contributed by atoms with Gasteiger partial charge in [-0.3, -0.25) is 4.99 Å². The van der Waals surface area contributed by atoms with E-state index in [1.807, 2.05) is 0 Å². The highest BCUT2D eigenvalue weighted by molar-refractivity contribution is 14.0. The Morgan fingerprint density at radius 2 is 1.95 bits per heavy atom. The van der Waals surface area contributed by atoms with E-state index in [1.165, 1.54) is 38.5 Å². The zero-order valence-electron chi connectivity index (χ0n) is 12.9. The lowest BCUT2D eigenvalue weighted by Crippen LogP contribution is -2.32. The third-order valence-corrected chi connectivity index (χ3v) is 3.54. The summed E-state index contributed by atoms with van der Waals surface area (Å²) in [6, 6.07) is 0. The van der Waals surface area contributed by atoms with Gasteiger partial charge in [0.25, 0.3) is 0 Å². The Bertz CT molecular complexity index is 243. The molecule has 0 bridgehead atoms. The number of nitrogens with zero attached hydrogens (tertiary/aromatic N) is 1. The Morgan fingerprint density at radius 3 is 2.65 bits per heavy atom. The van der Waals surface area contributed by atoms with Gasteiger partial charge >= 0.3 is 0 Å². The molecule has 0 unspecified atom stereocenters. The highest BCUT2D eigenvalue weighted by Crippen LogP contribution is 2.20. The van der Waals surface area contributed by atoms with Crippen molar-refractivity contribution in [2.45, 2.75) is 70.8 Å². The normalized spacial score (nSPS) is 16.8. The lowest BCUT2D eigenvalue weighted by atomic mass is 9.98. The molecule has 1 rings (SSSR count). The van der Waals surface area contributed by atoms with Gasteiger partial charge in [-0.15, -0.1) is 24.0 Å². The maximum absolute atomic E-state index is 5.89. The summed E-state index contributed by atoms with van der Waals surface area (Å²) in [5, 5.41) is 3.14. The number of aliphatic imine (C=N–C) groups is 1. The standard InChI is InChI=1S/C15H31N3O.HI/c1-2-11-17-15(16)18-12-7-4-8-13-19-14-9-5-3-6-10-14;/h14H,2-13H2,1H3,(H3,16,17,18);1H. The molecule has 0 spiro atoms. The summed E-state index contributed by atoms with van der Waals surface area (Å²) in [4.78, 5) is 4.20. The number of halogens is 1. The minimum atomic E-state index is 0. The van der Waals surface area contributed by atoms with Gasteiger partial charge in [-0.25, -0.2) is 0 Å². The Balaban J connectivity index is 0.00000361. The Labute approximate surface area is 141 Å². The molecule has 1 saturated carbocycles. The van der Waals surface area contributed by atoms with Crippen LogP contribution in [0.15, 0.2) is 4.99 Å². The lowest BCUT2D eigenvalue weighted by molar-refractivity contribution is 0.0264. The van der Waals surface area contributed by atoms with Crippen molar-refractivity contribution in [3.63, 3.8) is 0 Å². The number of nitrogens with two attached hydrogens (primary N) is 1. The summed E-state index contributed by atoms with van der Waals surface area (Å²) in [7, 11) is 0. The molecule has 120 valence electrons. The zero-order chi connectivity index (χ0) is 13.8. The Kier molecular flexibility index (Phi) is 13.9. The predicted molar refractivity (Wildman–Crippen MR) is 96.9 cm³/mol. The number of guanidine groups is 1. The van der Waals surface area contributed by atoms with Crippen LogP contribution in [0, 0.1) is 0 Å². The van der Waals surface area contributed by atoms with E-state index in [0.29, 0.717) is 12.1 Å². The first-order valence-electron chi connectivity index (χ1n) is 7.98. The van der Waals surface area contributed by atoms with Crippen LogP contribution < -0.4 is 11.1 Å². The average Bonchev–Trinajstić information content (AvgIpc) is 2.45. The van der Waals surface area contributed by atoms with Crippen molar-refractivity contribution in [3.8, 4) is 0 Å². The molecule has 1 aliphatic carbocycles. The number of ether oxygens (including phenoxy) is 1. The molecule has 20 heavy (non-hydrogen) atoms. The molecule has 0 aromatic carbocycles. The monoisotopic (exact) mass is 397 g/mol. The third kappa shape index (κ3) is 10.7. The van der Waals surface area contributed by atoms with Crippen LogP contribution in [-0.4, -0.2) is 31.8 Å². The van der Waals surface area contributed by atoms with Gasteiger partial charge in [-0.2, -0.15) is 0 Å². The van der Waals surface area contributed by atoms with Gasteiger partial charge in [0.2, 0.25) is 0 Å². The van der Waals surface area contributed by atoms with Crippen LogP contribution in [-0.2, 0) is 4.74 Å². The number of unbranched alkanes of at least 4 members (excludes halogenated alkanes) is 2. The second-order valence-electron chi connectivity index (χ2n) is 5.39. The van der Waals surface area contributed by atoms with E-state index in [2.05, 4.69) is 17.2 Å². The van der Waals surface area contributed by atoms with Gasteiger partial charge in [0.05, 0.1) is 6.10 Å². The third-order valence-electron chi connectivity index (χ3n) is 3.54. The quantitative estimate of drug-likeness (QED) is 0.271. The molecule has 1 fully saturated rings. The molecule has 1 aliphatic rings. The molecule has 3 N–H and O–H groups in total. The van der Waals surface area contributed by atoms with Gasteiger partial charge in [-0.05, 0) is 38.5 Å². The number of rotatable bonds is 9. The second-order valence-corrected chi connectivity index (χ2v) is 5.39. The SMILES string of the molecule is CCCN=C(N)NCCCCCOC1CCCCC1.I. The average molecular weight is 397 g/mol. The first-order valence-corrected chi connectivity index (χ1v) is 7.98. The van der Waals surface area contributed by atoms with E-state index in [4.69, 9.17) is 10.5 Å². The van der Waals surface area contributed by atoms with Crippen LogP contribution in [0.5, 0.6) is 0 Å². The largest absolute Gasteiger partial charge is 0.378 e. The summed E-state index contributed by atoms with van der Waals surface area (Å²) in [6.07, 6.45) is 11.7. The fourth-order valence-corrected chi connectivity index (χ4v) is 2.39. The van der Waals surface area contributed by atoms with E-state index in [0.717, 1.165) is 39.0 Å². The van der Waals surface area contributed by atoms with Crippen molar-refractivity contribution in [1.29, 1.82) is 0 Å². The van der Waals surface area contributed by atoms with Crippen molar-refractivity contribution in [2.24, 2.45) is 10.7 Å². The van der Waals surface area contributed by atoms with Crippen LogP contribution in [0.4, 0.5) is 0 Å². The minimum Gasteiger partial charge on any atom is -0.378 e. The van der Waals surface area contributed by atoms with Crippen molar-refractivity contribution in [1.82, 2.24) is 5.32 Å². The molecule has 0 atom stereocenters. The molecule has 0 heterocycles. The first-order chi connectivity index (χ1) is 9.33. The molecule has 0 saturated heterocycles. The highest BCUT2D eigenvalue weighted by atomic mass is 127. The summed E-state index contributed by atoms with van der Waals surface area (Å²) >= 11 is 0. The molecule has 5 heteroatoms. The summed E-state index contributed by atoms with van der Waals surface area (Å²) in [6.45, 7) is 4.75. The highest BCUT2D eigenvalue weighted by Gasteiger charge is 2.12. The smallest absolute Gasteiger partial charge is 0.188 e. The van der Waals surface area contributed by atoms with Crippen LogP contribution >= 0.6 is 24.0 Å². The summed E-state index contributed by atoms with van der Waals surface area (Å²) in [5.41, 5.74) is 5.71. The maximum Gasteiger partial charge on any atom is 0.188 e. The van der Waals surface area contributed by atoms with E-state index in [1.54, 1.807) is 0 Å². The number of hydrogen-bond donors (Lipinski definition) is 2. The van der Waals surface area contributed by atoms with Crippen molar-refractivity contribution >= 4 is 29.9 Å². The Morgan fingerprint density at radius 1 is 1.20 bits per heavy atom. The Hall–Kier alpha value is -0.0400. The zero-order valence-corrected chi connectivity index (χ0v) is 15.2. The first kappa shape index (κ1) is 20.0. The predicted octanol–water partition coefficient (Wildman–Crippen LogP) is 3.44. The van der Waals surface area contributed by atoms with Crippen LogP contribution in [0.3, 0.4) is 0 Å². The summed E-state index contributed by atoms with van der Waals surface area (Å²) in [5.74, 6) is 0.584. The fourth-order valence-electron chi connectivity index (χ4n) is 2.39. The van der Waals surface area contributed by atoms with Gasteiger partial charge in [0.15, 0.2) is 5.96 Å². The molecule has 0 aromatic rings. The van der Waals surface area contributed by atoms with Crippen LogP contribution in [0.25, 0.3) is 0 Å². The van der Waals surface area contributed by atoms with Crippen molar-refractivity contribution in [2.75, 3.05) is 19.7 Å². The molecule has 4 nitrogen and oxygen atoms in total. The molecule has 0 radical (unpaired) electrons. The molecule has 0 aliphatic heterocycles. The van der Waals surface area contributed by atoms with Crippen molar-refractivity contribution < 1.29 is 4.74 Å². The molecular weight excluding hydrogens is 365 g/mol. The second kappa shape index (κ2) is 13.9. The van der Waals surface area contributed by atoms with E-state index >= 15 is 0 Å². The van der Waals surface area contributed by atoms with Gasteiger partial charge in [0, 0.05) is 19.7 Å². The minimum absolute atomic E-state index is 0. The van der Waals surface area contributed by atoms with E-state index < -0.39 is 0 Å². The molecule has 0 amide bonds. The number of hydrogen-bond acceptors (Lipinski definition) is 2. The fraction of sp³-hybridized carbons (Fsp3) is 0.933. The number of nitrogens with one attached hydrogen (secondary N) is 1. The summed E-state index contributed by atoms with van der Waals surface area (Å²) < 4.78 is 5.89. The molecular formula is C15H32IN3O. The lowest BCUT2D eigenvalue weighted by Gasteiger charge is -2.21. The van der Waals surface area contributed by atoms with E-state index in [9.17, 15) is 0 Å².